The van der Waals surface area contributed by atoms with Gasteiger partial charge >= 0.3 is 0 Å². The van der Waals surface area contributed by atoms with Crippen molar-refractivity contribution in [2.45, 2.75) is 39.2 Å². The van der Waals surface area contributed by atoms with Gasteiger partial charge < -0.3 is 14.5 Å². The third kappa shape index (κ3) is 3.09. The van der Waals surface area contributed by atoms with Crippen LogP contribution in [0, 0.1) is 6.92 Å². The number of aromatic nitrogens is 1. The van der Waals surface area contributed by atoms with Crippen LogP contribution in [-0.2, 0) is 9.53 Å². The minimum atomic E-state index is 0.168. The Morgan fingerprint density at radius 1 is 1.23 bits per heavy atom. The number of ether oxygens (including phenoxy) is 1. The Kier molecular flexibility index (Phi) is 4.62. The quantitative estimate of drug-likeness (QED) is 0.841. The molecule has 0 aromatic carbocycles. The van der Waals surface area contributed by atoms with E-state index >= 15 is 0 Å². The van der Waals surface area contributed by atoms with Gasteiger partial charge in [-0.25, -0.2) is 4.98 Å². The summed E-state index contributed by atoms with van der Waals surface area (Å²) in [7, 11) is 0. The van der Waals surface area contributed by atoms with Gasteiger partial charge in [-0.2, -0.15) is 0 Å². The second-order valence-electron chi connectivity index (χ2n) is 6.17. The summed E-state index contributed by atoms with van der Waals surface area (Å²) in [5.41, 5.74) is 2.24. The molecule has 1 aromatic rings. The summed E-state index contributed by atoms with van der Waals surface area (Å²) in [6, 6.07) is 4.46. The Hall–Kier alpha value is -1.62. The molecule has 0 N–H and O–H groups in total. The number of anilines is 1. The number of aryl methyl sites for hydroxylation is 1. The van der Waals surface area contributed by atoms with Crippen LogP contribution in [0.3, 0.4) is 0 Å². The van der Waals surface area contributed by atoms with Crippen molar-refractivity contribution in [3.05, 3.63) is 23.4 Å². The Bertz CT molecular complexity index is 541. The highest BCUT2D eigenvalue weighted by atomic mass is 16.5. The summed E-state index contributed by atoms with van der Waals surface area (Å²) in [5.74, 6) is 1.19. The van der Waals surface area contributed by atoms with Gasteiger partial charge in [0, 0.05) is 32.3 Å². The molecule has 22 heavy (non-hydrogen) atoms. The zero-order chi connectivity index (χ0) is 15.5. The molecule has 5 nitrogen and oxygen atoms in total. The van der Waals surface area contributed by atoms with Crippen LogP contribution < -0.4 is 4.90 Å². The van der Waals surface area contributed by atoms with Crippen molar-refractivity contribution in [3.8, 4) is 0 Å². The van der Waals surface area contributed by atoms with Gasteiger partial charge in [0.1, 0.15) is 5.82 Å². The first-order valence-electron chi connectivity index (χ1n) is 8.24. The van der Waals surface area contributed by atoms with Crippen molar-refractivity contribution in [2.24, 2.45) is 0 Å². The van der Waals surface area contributed by atoms with Gasteiger partial charge in [0.15, 0.2) is 0 Å². The molecule has 1 atom stereocenters. The molecule has 1 aromatic heterocycles. The van der Waals surface area contributed by atoms with Gasteiger partial charge in [-0.15, -0.1) is 0 Å². The molecular formula is C17H25N3O2. The van der Waals surface area contributed by atoms with Crippen LogP contribution in [0.15, 0.2) is 12.1 Å². The molecule has 2 saturated heterocycles. The fourth-order valence-corrected chi connectivity index (χ4v) is 3.51. The van der Waals surface area contributed by atoms with Gasteiger partial charge in [0.05, 0.1) is 19.3 Å². The number of carbonyl (C=O) groups is 1. The Morgan fingerprint density at radius 2 is 2.00 bits per heavy atom. The molecule has 0 aliphatic carbocycles. The predicted octanol–water partition coefficient (Wildman–Crippen LogP) is 2.30. The number of amides is 1. The number of morpholine rings is 1. The lowest BCUT2D eigenvalue weighted by Crippen LogP contribution is -2.38. The maximum atomic E-state index is 11.9. The molecule has 5 heteroatoms. The average molecular weight is 303 g/mol. The topological polar surface area (TPSA) is 45.7 Å². The maximum Gasteiger partial charge on any atom is 0.219 e. The van der Waals surface area contributed by atoms with Crippen LogP contribution in [0.2, 0.25) is 0 Å². The number of likely N-dealkylation sites (tertiary alicyclic amines) is 1. The number of carbonyl (C=O) groups excluding carboxylic acids is 1. The Morgan fingerprint density at radius 3 is 2.68 bits per heavy atom. The zero-order valence-electron chi connectivity index (χ0n) is 13.5. The van der Waals surface area contributed by atoms with Crippen LogP contribution in [0.4, 0.5) is 5.82 Å². The van der Waals surface area contributed by atoms with Gasteiger partial charge in [-0.3, -0.25) is 4.79 Å². The lowest BCUT2D eigenvalue weighted by Gasteiger charge is -2.36. The van der Waals surface area contributed by atoms with Gasteiger partial charge in [0.25, 0.3) is 0 Å². The fraction of sp³-hybridized carbons (Fsp3) is 0.647. The summed E-state index contributed by atoms with van der Waals surface area (Å²) < 4.78 is 5.40. The molecule has 3 rings (SSSR count). The first kappa shape index (κ1) is 15.3. The summed E-state index contributed by atoms with van der Waals surface area (Å²) in [5, 5.41) is 0. The van der Waals surface area contributed by atoms with E-state index < -0.39 is 0 Å². The van der Waals surface area contributed by atoms with Crippen LogP contribution in [0.25, 0.3) is 0 Å². The minimum absolute atomic E-state index is 0.168. The molecule has 3 heterocycles. The molecule has 0 saturated carbocycles. The van der Waals surface area contributed by atoms with Crippen LogP contribution in [-0.4, -0.2) is 48.6 Å². The number of rotatable bonds is 2. The SMILES string of the molecule is CC(=O)N1CCCC[C@@H]1c1ccc(N2CCOCC2)nc1C. The van der Waals surface area contributed by atoms with E-state index in [1.54, 1.807) is 6.92 Å². The normalized spacial score (nSPS) is 22.7. The van der Waals surface area contributed by atoms with Crippen LogP contribution >= 0.6 is 0 Å². The predicted molar refractivity (Wildman–Crippen MR) is 86.0 cm³/mol. The number of hydrogen-bond donors (Lipinski definition) is 0. The molecule has 0 unspecified atom stereocenters. The first-order valence-corrected chi connectivity index (χ1v) is 8.24. The monoisotopic (exact) mass is 303 g/mol. The van der Waals surface area contributed by atoms with E-state index in [2.05, 4.69) is 24.0 Å². The van der Waals surface area contributed by atoms with Crippen LogP contribution in [0.1, 0.15) is 43.5 Å². The lowest BCUT2D eigenvalue weighted by atomic mass is 9.94. The van der Waals surface area contributed by atoms with Gasteiger partial charge in [-0.1, -0.05) is 6.07 Å². The van der Waals surface area contributed by atoms with E-state index in [-0.39, 0.29) is 11.9 Å². The average Bonchev–Trinajstić information content (AvgIpc) is 2.55. The first-order chi connectivity index (χ1) is 10.7. The Balaban J connectivity index is 1.83. The summed E-state index contributed by atoms with van der Waals surface area (Å²) in [6.45, 7) is 7.93. The number of hydrogen-bond acceptors (Lipinski definition) is 4. The number of nitrogens with zero attached hydrogens (tertiary/aromatic N) is 3. The van der Waals surface area contributed by atoms with Crippen molar-refractivity contribution < 1.29 is 9.53 Å². The van der Waals surface area contributed by atoms with Crippen molar-refractivity contribution in [1.29, 1.82) is 0 Å². The standard InChI is InChI=1S/C17H25N3O2/c1-13-15(16-5-3-4-8-20(16)14(2)21)6-7-17(18-13)19-9-11-22-12-10-19/h6-7,16H,3-5,8-12H2,1-2H3/t16-/m1/s1. The van der Waals surface area contributed by atoms with E-state index in [1.807, 2.05) is 4.90 Å². The number of piperidine rings is 1. The molecule has 2 fully saturated rings. The van der Waals surface area contributed by atoms with E-state index in [9.17, 15) is 4.79 Å². The molecule has 2 aliphatic heterocycles. The van der Waals surface area contributed by atoms with Crippen molar-refractivity contribution in [1.82, 2.24) is 9.88 Å². The van der Waals surface area contributed by atoms with Crippen molar-refractivity contribution in [2.75, 3.05) is 37.7 Å². The minimum Gasteiger partial charge on any atom is -0.378 e. The third-order valence-electron chi connectivity index (χ3n) is 4.71. The second kappa shape index (κ2) is 6.65. The van der Waals surface area contributed by atoms with Crippen molar-refractivity contribution in [3.63, 3.8) is 0 Å². The summed E-state index contributed by atoms with van der Waals surface area (Å²) in [6.07, 6.45) is 3.33. The molecule has 1 amide bonds. The highest BCUT2D eigenvalue weighted by molar-refractivity contribution is 5.74. The fourth-order valence-electron chi connectivity index (χ4n) is 3.51. The van der Waals surface area contributed by atoms with Crippen molar-refractivity contribution >= 4 is 11.7 Å². The second-order valence-corrected chi connectivity index (χ2v) is 6.17. The number of pyridine rings is 1. The highest BCUT2D eigenvalue weighted by Gasteiger charge is 2.27. The molecular weight excluding hydrogens is 278 g/mol. The summed E-state index contributed by atoms with van der Waals surface area (Å²) >= 11 is 0. The lowest BCUT2D eigenvalue weighted by molar-refractivity contribution is -0.132. The molecule has 120 valence electrons. The van der Waals surface area contributed by atoms with E-state index in [1.165, 1.54) is 12.0 Å². The third-order valence-corrected chi connectivity index (χ3v) is 4.71. The van der Waals surface area contributed by atoms with E-state index in [4.69, 9.17) is 9.72 Å². The maximum absolute atomic E-state index is 11.9. The van der Waals surface area contributed by atoms with E-state index in [0.29, 0.717) is 0 Å². The molecule has 0 bridgehead atoms. The summed E-state index contributed by atoms with van der Waals surface area (Å²) in [4.78, 5) is 21.0. The Labute approximate surface area is 132 Å². The zero-order valence-corrected chi connectivity index (χ0v) is 13.5. The van der Waals surface area contributed by atoms with Gasteiger partial charge in [0.2, 0.25) is 5.91 Å². The van der Waals surface area contributed by atoms with Gasteiger partial charge in [-0.05, 0) is 37.8 Å². The smallest absolute Gasteiger partial charge is 0.219 e. The largest absolute Gasteiger partial charge is 0.378 e. The molecule has 0 radical (unpaired) electrons. The van der Waals surface area contributed by atoms with E-state index in [0.717, 1.165) is 57.2 Å². The van der Waals surface area contributed by atoms with Crippen LogP contribution in [0.5, 0.6) is 0 Å². The molecule has 0 spiro atoms. The highest BCUT2D eigenvalue weighted by Crippen LogP contribution is 2.33. The molecule has 2 aliphatic rings.